The molecule has 3 rings (SSSR count). The van der Waals surface area contributed by atoms with Gasteiger partial charge in [0.05, 0.1) is 13.1 Å². The highest BCUT2D eigenvalue weighted by Crippen LogP contribution is 2.19. The predicted molar refractivity (Wildman–Crippen MR) is 70.4 cm³/mol. The molecule has 5 heteroatoms. The Morgan fingerprint density at radius 2 is 2.28 bits per heavy atom. The molecule has 1 fully saturated rings. The van der Waals surface area contributed by atoms with E-state index in [0.717, 1.165) is 23.0 Å². The highest BCUT2D eigenvalue weighted by Gasteiger charge is 2.20. The number of nitrogens with zero attached hydrogens (tertiary/aromatic N) is 3. The Morgan fingerprint density at radius 1 is 1.39 bits per heavy atom. The van der Waals surface area contributed by atoms with Gasteiger partial charge in [-0.25, -0.2) is 9.67 Å². The topological polar surface area (TPSA) is 42.7 Å². The molecule has 0 amide bonds. The smallest absolute Gasteiger partial charge is 0.141 e. The first-order chi connectivity index (χ1) is 8.81. The minimum absolute atomic E-state index is 0.682. The molecule has 1 aromatic carbocycles. The second-order valence-electron chi connectivity index (χ2n) is 4.62. The standard InChI is InChI=1S/C13H15ClN4/c14-11-3-1-2-10(6-11)8-18-13(16-9-17-18)7-15-12-4-5-12/h1-3,6,9,12,15H,4-5,7-8H2. The maximum Gasteiger partial charge on any atom is 0.141 e. The van der Waals surface area contributed by atoms with E-state index in [0.29, 0.717) is 12.6 Å². The van der Waals surface area contributed by atoms with E-state index >= 15 is 0 Å². The monoisotopic (exact) mass is 262 g/mol. The molecule has 1 aliphatic carbocycles. The average molecular weight is 263 g/mol. The van der Waals surface area contributed by atoms with Crippen LogP contribution in [0.2, 0.25) is 5.02 Å². The van der Waals surface area contributed by atoms with Crippen LogP contribution in [-0.4, -0.2) is 20.8 Å². The lowest BCUT2D eigenvalue weighted by atomic mass is 10.2. The normalized spacial score (nSPS) is 14.9. The summed E-state index contributed by atoms with van der Waals surface area (Å²) >= 11 is 5.98. The lowest BCUT2D eigenvalue weighted by Gasteiger charge is -2.07. The molecule has 1 N–H and O–H groups in total. The second kappa shape index (κ2) is 5.08. The Balaban J connectivity index is 1.69. The van der Waals surface area contributed by atoms with Crippen LogP contribution in [0.5, 0.6) is 0 Å². The van der Waals surface area contributed by atoms with Crippen molar-refractivity contribution in [2.24, 2.45) is 0 Å². The van der Waals surface area contributed by atoms with Crippen molar-refractivity contribution in [3.8, 4) is 0 Å². The Labute approximate surface area is 111 Å². The number of rotatable bonds is 5. The molecule has 1 saturated carbocycles. The number of benzene rings is 1. The third-order valence-electron chi connectivity index (χ3n) is 3.04. The minimum Gasteiger partial charge on any atom is -0.307 e. The molecule has 0 bridgehead atoms. The maximum atomic E-state index is 5.98. The van der Waals surface area contributed by atoms with E-state index in [1.807, 2.05) is 28.9 Å². The highest BCUT2D eigenvalue weighted by molar-refractivity contribution is 6.30. The van der Waals surface area contributed by atoms with E-state index in [1.54, 1.807) is 6.33 Å². The summed E-state index contributed by atoms with van der Waals surface area (Å²) in [5.41, 5.74) is 1.14. The number of halogens is 1. The summed E-state index contributed by atoms with van der Waals surface area (Å²) in [5.74, 6) is 0.974. The Kier molecular flexibility index (Phi) is 3.30. The van der Waals surface area contributed by atoms with Gasteiger partial charge >= 0.3 is 0 Å². The molecule has 2 aromatic rings. The molecule has 18 heavy (non-hydrogen) atoms. The van der Waals surface area contributed by atoms with Crippen LogP contribution in [0.4, 0.5) is 0 Å². The molecule has 0 radical (unpaired) electrons. The molecule has 1 heterocycles. The van der Waals surface area contributed by atoms with Crippen molar-refractivity contribution >= 4 is 11.6 Å². The summed E-state index contributed by atoms with van der Waals surface area (Å²) in [4.78, 5) is 4.29. The van der Waals surface area contributed by atoms with Crippen LogP contribution >= 0.6 is 11.6 Å². The van der Waals surface area contributed by atoms with Crippen LogP contribution in [0.25, 0.3) is 0 Å². The van der Waals surface area contributed by atoms with Crippen molar-refractivity contribution in [3.63, 3.8) is 0 Å². The molecule has 0 saturated heterocycles. The number of aromatic nitrogens is 3. The van der Waals surface area contributed by atoms with E-state index in [4.69, 9.17) is 11.6 Å². The van der Waals surface area contributed by atoms with Crippen molar-refractivity contribution in [2.45, 2.75) is 32.0 Å². The molecule has 0 atom stereocenters. The fraction of sp³-hybridized carbons (Fsp3) is 0.385. The van der Waals surface area contributed by atoms with Crippen LogP contribution in [0.1, 0.15) is 24.2 Å². The van der Waals surface area contributed by atoms with Gasteiger partial charge in [0, 0.05) is 11.1 Å². The molecular formula is C13H15ClN4. The molecule has 4 nitrogen and oxygen atoms in total. The van der Waals surface area contributed by atoms with Gasteiger partial charge in [-0.1, -0.05) is 23.7 Å². The maximum absolute atomic E-state index is 5.98. The summed E-state index contributed by atoms with van der Waals surface area (Å²) in [5, 5.41) is 8.46. The summed E-state index contributed by atoms with van der Waals surface area (Å²) in [6.07, 6.45) is 4.17. The minimum atomic E-state index is 0.682. The van der Waals surface area contributed by atoms with E-state index in [2.05, 4.69) is 15.4 Å². The third-order valence-corrected chi connectivity index (χ3v) is 3.28. The van der Waals surface area contributed by atoms with Crippen LogP contribution in [0.3, 0.4) is 0 Å². The lowest BCUT2D eigenvalue weighted by Crippen LogP contribution is -2.19. The molecular weight excluding hydrogens is 248 g/mol. The fourth-order valence-electron chi connectivity index (χ4n) is 1.89. The average Bonchev–Trinajstić information content (AvgIpc) is 3.08. The predicted octanol–water partition coefficient (Wildman–Crippen LogP) is 2.23. The molecule has 0 unspecified atom stereocenters. The van der Waals surface area contributed by atoms with E-state index in [-0.39, 0.29) is 0 Å². The summed E-state index contributed by atoms with van der Waals surface area (Å²) < 4.78 is 1.92. The van der Waals surface area contributed by atoms with Crippen LogP contribution in [0, 0.1) is 0 Å². The zero-order valence-corrected chi connectivity index (χ0v) is 10.8. The SMILES string of the molecule is Clc1cccc(Cn2ncnc2CNC2CC2)c1. The number of hydrogen-bond acceptors (Lipinski definition) is 3. The van der Waals surface area contributed by atoms with Gasteiger partial charge in [0.25, 0.3) is 0 Å². The Hall–Kier alpha value is -1.39. The third kappa shape index (κ3) is 2.89. The van der Waals surface area contributed by atoms with E-state index in [1.165, 1.54) is 12.8 Å². The van der Waals surface area contributed by atoms with E-state index < -0.39 is 0 Å². The Morgan fingerprint density at radius 3 is 3.06 bits per heavy atom. The molecule has 1 aliphatic rings. The zero-order chi connectivity index (χ0) is 12.4. The first kappa shape index (κ1) is 11.7. The van der Waals surface area contributed by atoms with E-state index in [9.17, 15) is 0 Å². The van der Waals surface area contributed by atoms with Gasteiger partial charge in [-0.2, -0.15) is 5.10 Å². The number of hydrogen-bond donors (Lipinski definition) is 1. The largest absolute Gasteiger partial charge is 0.307 e. The first-order valence-electron chi connectivity index (χ1n) is 6.16. The molecule has 1 aromatic heterocycles. The van der Waals surface area contributed by atoms with Crippen LogP contribution < -0.4 is 5.32 Å². The number of nitrogens with one attached hydrogen (secondary N) is 1. The summed E-state index contributed by atoms with van der Waals surface area (Å²) in [6.45, 7) is 1.49. The van der Waals surface area contributed by atoms with Crippen LogP contribution in [0.15, 0.2) is 30.6 Å². The van der Waals surface area contributed by atoms with Crippen molar-refractivity contribution < 1.29 is 0 Å². The first-order valence-corrected chi connectivity index (χ1v) is 6.53. The van der Waals surface area contributed by atoms with Crippen LogP contribution in [-0.2, 0) is 13.1 Å². The molecule has 0 spiro atoms. The zero-order valence-electron chi connectivity index (χ0n) is 10.0. The van der Waals surface area contributed by atoms with Crippen molar-refractivity contribution in [1.82, 2.24) is 20.1 Å². The van der Waals surface area contributed by atoms with Gasteiger partial charge < -0.3 is 5.32 Å². The van der Waals surface area contributed by atoms with Gasteiger partial charge in [0.2, 0.25) is 0 Å². The van der Waals surface area contributed by atoms with Gasteiger partial charge in [0.15, 0.2) is 0 Å². The van der Waals surface area contributed by atoms with Crippen molar-refractivity contribution in [3.05, 3.63) is 47.0 Å². The fourth-order valence-corrected chi connectivity index (χ4v) is 2.10. The van der Waals surface area contributed by atoms with Crippen molar-refractivity contribution in [1.29, 1.82) is 0 Å². The van der Waals surface area contributed by atoms with Gasteiger partial charge in [0.1, 0.15) is 12.2 Å². The van der Waals surface area contributed by atoms with Crippen molar-refractivity contribution in [2.75, 3.05) is 0 Å². The Bertz CT molecular complexity index is 533. The highest BCUT2D eigenvalue weighted by atomic mass is 35.5. The van der Waals surface area contributed by atoms with Gasteiger partial charge in [-0.15, -0.1) is 0 Å². The summed E-state index contributed by atoms with van der Waals surface area (Å²) in [6, 6.07) is 8.52. The quantitative estimate of drug-likeness (QED) is 0.899. The van der Waals surface area contributed by atoms with Gasteiger partial charge in [-0.3, -0.25) is 0 Å². The second-order valence-corrected chi connectivity index (χ2v) is 5.06. The molecule has 94 valence electrons. The molecule has 0 aliphatic heterocycles. The van der Waals surface area contributed by atoms with Gasteiger partial charge in [-0.05, 0) is 30.5 Å². The lowest BCUT2D eigenvalue weighted by molar-refractivity contribution is 0.583. The summed E-state index contributed by atoms with van der Waals surface area (Å²) in [7, 11) is 0.